The molecule has 0 aliphatic carbocycles. The van der Waals surface area contributed by atoms with Gasteiger partial charge in [0.05, 0.1) is 17.6 Å². The quantitative estimate of drug-likeness (QED) is 0.410. The maximum Gasteiger partial charge on any atom is 0.191 e. The molecule has 0 atom stereocenters. The third-order valence-electron chi connectivity index (χ3n) is 5.12. The number of halogens is 1. The van der Waals surface area contributed by atoms with E-state index in [-0.39, 0.29) is 24.0 Å². The van der Waals surface area contributed by atoms with Crippen molar-refractivity contribution in [2.45, 2.75) is 45.3 Å². The van der Waals surface area contributed by atoms with Crippen LogP contribution in [-0.4, -0.2) is 52.6 Å². The summed E-state index contributed by atoms with van der Waals surface area (Å²) in [4.78, 5) is 11.6. The highest BCUT2D eigenvalue weighted by Crippen LogP contribution is 2.14. The number of para-hydroxylation sites is 2. The maximum atomic E-state index is 4.71. The molecule has 1 aliphatic rings. The van der Waals surface area contributed by atoms with Gasteiger partial charge in [0.2, 0.25) is 0 Å². The van der Waals surface area contributed by atoms with Crippen LogP contribution in [0.1, 0.15) is 32.5 Å². The van der Waals surface area contributed by atoms with Gasteiger partial charge < -0.3 is 20.1 Å². The van der Waals surface area contributed by atoms with Crippen LogP contribution < -0.4 is 10.6 Å². The molecule has 3 rings (SSSR count). The average Bonchev–Trinajstić information content (AvgIpc) is 2.95. The molecular formula is C19H31IN6. The largest absolute Gasteiger partial charge is 0.354 e. The molecule has 1 aromatic heterocycles. The molecule has 0 spiro atoms. The Hall–Kier alpha value is -1.35. The molecule has 1 aliphatic heterocycles. The van der Waals surface area contributed by atoms with Gasteiger partial charge in [-0.15, -0.1) is 24.0 Å². The third-order valence-corrected chi connectivity index (χ3v) is 5.12. The van der Waals surface area contributed by atoms with Crippen molar-refractivity contribution in [1.82, 2.24) is 25.1 Å². The van der Waals surface area contributed by atoms with E-state index < -0.39 is 0 Å². The molecule has 7 heteroatoms. The lowest BCUT2D eigenvalue weighted by Crippen LogP contribution is -2.49. The first-order valence-electron chi connectivity index (χ1n) is 9.20. The topological polar surface area (TPSA) is 57.5 Å². The lowest BCUT2D eigenvalue weighted by Gasteiger charge is -2.35. The van der Waals surface area contributed by atoms with Crippen LogP contribution in [0.4, 0.5) is 0 Å². The number of piperidine rings is 1. The Bertz CT molecular complexity index is 731. The second-order valence-corrected chi connectivity index (χ2v) is 7.05. The fourth-order valence-corrected chi connectivity index (χ4v) is 3.46. The predicted octanol–water partition coefficient (Wildman–Crippen LogP) is 2.73. The highest BCUT2D eigenvalue weighted by atomic mass is 127. The number of aryl methyl sites for hydroxylation is 1. The summed E-state index contributed by atoms with van der Waals surface area (Å²) < 4.78 is 2.14. The third kappa shape index (κ3) is 4.88. The van der Waals surface area contributed by atoms with Gasteiger partial charge in [-0.25, -0.2) is 4.98 Å². The first-order valence-corrected chi connectivity index (χ1v) is 9.20. The standard InChI is InChI=1S/C19H30N6.HI/c1-14(2)25-11-9-15(10-12-25)22-19(20-3)21-13-18-23-16-7-5-6-8-17(16)24(18)4;/h5-8,14-15H,9-13H2,1-4H3,(H2,20,21,22);1H. The number of imidazole rings is 1. The van der Waals surface area contributed by atoms with Crippen molar-refractivity contribution in [2.75, 3.05) is 20.1 Å². The van der Waals surface area contributed by atoms with Crippen LogP contribution in [0, 0.1) is 0 Å². The number of likely N-dealkylation sites (tertiary alicyclic amines) is 1. The van der Waals surface area contributed by atoms with Gasteiger partial charge in [0.1, 0.15) is 5.82 Å². The smallest absolute Gasteiger partial charge is 0.191 e. The van der Waals surface area contributed by atoms with Gasteiger partial charge in [0, 0.05) is 39.3 Å². The molecular weight excluding hydrogens is 439 g/mol. The molecule has 2 aromatic rings. The number of hydrogen-bond acceptors (Lipinski definition) is 3. The fourth-order valence-electron chi connectivity index (χ4n) is 3.46. The van der Waals surface area contributed by atoms with Crippen molar-refractivity contribution in [1.29, 1.82) is 0 Å². The zero-order valence-electron chi connectivity index (χ0n) is 16.2. The van der Waals surface area contributed by atoms with Gasteiger partial charge in [0.25, 0.3) is 0 Å². The van der Waals surface area contributed by atoms with Crippen LogP contribution in [0.2, 0.25) is 0 Å². The fraction of sp³-hybridized carbons (Fsp3) is 0.579. The van der Waals surface area contributed by atoms with Crippen molar-refractivity contribution in [3.05, 3.63) is 30.1 Å². The SMILES string of the molecule is CN=C(NCc1nc2ccccc2n1C)NC1CCN(C(C)C)CC1.I. The van der Waals surface area contributed by atoms with Crippen molar-refractivity contribution in [3.63, 3.8) is 0 Å². The van der Waals surface area contributed by atoms with E-state index in [1.807, 2.05) is 19.2 Å². The molecule has 0 saturated carbocycles. The Morgan fingerprint density at radius 1 is 1.27 bits per heavy atom. The van der Waals surface area contributed by atoms with E-state index in [1.54, 1.807) is 0 Å². The molecule has 2 heterocycles. The van der Waals surface area contributed by atoms with E-state index >= 15 is 0 Å². The second-order valence-electron chi connectivity index (χ2n) is 7.05. The molecule has 6 nitrogen and oxygen atoms in total. The minimum absolute atomic E-state index is 0. The van der Waals surface area contributed by atoms with Gasteiger partial charge in [-0.3, -0.25) is 4.99 Å². The van der Waals surface area contributed by atoms with Crippen LogP contribution in [0.25, 0.3) is 11.0 Å². The normalized spacial score (nSPS) is 16.7. The number of hydrogen-bond donors (Lipinski definition) is 2. The second kappa shape index (κ2) is 9.55. The first-order chi connectivity index (χ1) is 12.1. The maximum absolute atomic E-state index is 4.71. The summed E-state index contributed by atoms with van der Waals surface area (Å²) in [6.45, 7) is 7.50. The number of guanidine groups is 1. The molecule has 144 valence electrons. The van der Waals surface area contributed by atoms with Gasteiger partial charge in [0.15, 0.2) is 5.96 Å². The molecule has 0 bridgehead atoms. The predicted molar refractivity (Wildman–Crippen MR) is 119 cm³/mol. The summed E-state index contributed by atoms with van der Waals surface area (Å²) in [6, 6.07) is 9.34. The van der Waals surface area contributed by atoms with Gasteiger partial charge in [-0.1, -0.05) is 12.1 Å². The molecule has 26 heavy (non-hydrogen) atoms. The number of aliphatic imine (C=N–C) groups is 1. The van der Waals surface area contributed by atoms with Gasteiger partial charge >= 0.3 is 0 Å². The van der Waals surface area contributed by atoms with Crippen LogP contribution >= 0.6 is 24.0 Å². The summed E-state index contributed by atoms with van der Waals surface area (Å²) in [5.74, 6) is 1.87. The monoisotopic (exact) mass is 470 g/mol. The van der Waals surface area contributed by atoms with Gasteiger partial charge in [-0.05, 0) is 38.8 Å². The lowest BCUT2D eigenvalue weighted by molar-refractivity contribution is 0.167. The highest BCUT2D eigenvalue weighted by Gasteiger charge is 2.21. The van der Waals surface area contributed by atoms with E-state index in [2.05, 4.69) is 58.1 Å². The first kappa shape index (κ1) is 21.0. The number of nitrogens with one attached hydrogen (secondary N) is 2. The summed E-state index contributed by atoms with van der Waals surface area (Å²) >= 11 is 0. The summed E-state index contributed by atoms with van der Waals surface area (Å²) in [5.41, 5.74) is 2.19. The zero-order chi connectivity index (χ0) is 17.8. The van der Waals surface area contributed by atoms with Crippen molar-refractivity contribution < 1.29 is 0 Å². The average molecular weight is 470 g/mol. The molecule has 1 fully saturated rings. The summed E-state index contributed by atoms with van der Waals surface area (Å²) in [5, 5.41) is 6.97. The van der Waals surface area contributed by atoms with E-state index in [1.165, 1.54) is 0 Å². The van der Waals surface area contributed by atoms with Crippen LogP contribution in [0.15, 0.2) is 29.3 Å². The van der Waals surface area contributed by atoms with E-state index in [9.17, 15) is 0 Å². The lowest BCUT2D eigenvalue weighted by atomic mass is 10.0. The molecule has 0 amide bonds. The van der Waals surface area contributed by atoms with Crippen molar-refractivity contribution >= 4 is 41.0 Å². The highest BCUT2D eigenvalue weighted by molar-refractivity contribution is 14.0. The minimum atomic E-state index is 0. The molecule has 0 radical (unpaired) electrons. The molecule has 1 saturated heterocycles. The van der Waals surface area contributed by atoms with E-state index in [0.29, 0.717) is 18.6 Å². The Labute approximate surface area is 173 Å². The van der Waals surface area contributed by atoms with Crippen LogP contribution in [0.3, 0.4) is 0 Å². The Morgan fingerprint density at radius 2 is 1.96 bits per heavy atom. The molecule has 2 N–H and O–H groups in total. The molecule has 0 unspecified atom stereocenters. The summed E-state index contributed by atoms with van der Waals surface area (Å²) in [7, 11) is 3.89. The number of nitrogens with zero attached hydrogens (tertiary/aromatic N) is 4. The van der Waals surface area contributed by atoms with Crippen LogP contribution in [-0.2, 0) is 13.6 Å². The summed E-state index contributed by atoms with van der Waals surface area (Å²) in [6.07, 6.45) is 2.32. The van der Waals surface area contributed by atoms with E-state index in [0.717, 1.165) is 48.7 Å². The molecule has 1 aromatic carbocycles. The number of aromatic nitrogens is 2. The van der Waals surface area contributed by atoms with Crippen molar-refractivity contribution in [3.8, 4) is 0 Å². The Morgan fingerprint density at radius 3 is 2.58 bits per heavy atom. The van der Waals surface area contributed by atoms with Crippen LogP contribution in [0.5, 0.6) is 0 Å². The number of fused-ring (bicyclic) bond motifs is 1. The number of benzene rings is 1. The number of rotatable bonds is 4. The van der Waals surface area contributed by atoms with Crippen molar-refractivity contribution in [2.24, 2.45) is 12.0 Å². The zero-order valence-corrected chi connectivity index (χ0v) is 18.5. The van der Waals surface area contributed by atoms with E-state index in [4.69, 9.17) is 4.98 Å². The Kier molecular flexibility index (Phi) is 7.69. The Balaban J connectivity index is 0.00000243. The minimum Gasteiger partial charge on any atom is -0.354 e. The van der Waals surface area contributed by atoms with Gasteiger partial charge in [-0.2, -0.15) is 0 Å².